The highest BCUT2D eigenvalue weighted by atomic mass is 35.5. The van der Waals surface area contributed by atoms with Gasteiger partial charge in [-0.05, 0) is 30.2 Å². The van der Waals surface area contributed by atoms with Crippen LogP contribution in [0.5, 0.6) is 5.75 Å². The van der Waals surface area contributed by atoms with Crippen LogP contribution in [0, 0.1) is 0 Å². The van der Waals surface area contributed by atoms with Gasteiger partial charge in [0.1, 0.15) is 12.4 Å². The van der Waals surface area contributed by atoms with Gasteiger partial charge in [0.05, 0.1) is 10.0 Å². The second-order valence-electron chi connectivity index (χ2n) is 4.59. The van der Waals surface area contributed by atoms with Crippen molar-refractivity contribution in [2.24, 2.45) is 5.73 Å². The summed E-state index contributed by atoms with van der Waals surface area (Å²) >= 11 is 12.1. The third-order valence-electron chi connectivity index (χ3n) is 3.17. The predicted molar refractivity (Wildman–Crippen MR) is 84.5 cm³/mol. The largest absolute Gasteiger partial charge is 0.489 e. The Morgan fingerprint density at radius 2 is 1.80 bits per heavy atom. The molecule has 2 nitrogen and oxygen atoms in total. The SMILES string of the molecule is CC[C@@H](N)c1ccc(OCc2cccc(Cl)c2Cl)cc1. The molecule has 0 unspecified atom stereocenters. The molecule has 106 valence electrons. The minimum Gasteiger partial charge on any atom is -0.489 e. The summed E-state index contributed by atoms with van der Waals surface area (Å²) in [5.41, 5.74) is 7.95. The van der Waals surface area contributed by atoms with E-state index in [1.54, 1.807) is 6.07 Å². The fourth-order valence-corrected chi connectivity index (χ4v) is 2.24. The van der Waals surface area contributed by atoms with Gasteiger partial charge in [0, 0.05) is 11.6 Å². The lowest BCUT2D eigenvalue weighted by Crippen LogP contribution is -2.08. The molecule has 0 aliphatic heterocycles. The zero-order valence-corrected chi connectivity index (χ0v) is 12.8. The molecule has 0 saturated carbocycles. The number of halogens is 2. The molecule has 4 heteroatoms. The van der Waals surface area contributed by atoms with E-state index in [9.17, 15) is 0 Å². The van der Waals surface area contributed by atoms with Crippen LogP contribution >= 0.6 is 23.2 Å². The van der Waals surface area contributed by atoms with E-state index in [1.807, 2.05) is 36.4 Å². The van der Waals surface area contributed by atoms with Crippen molar-refractivity contribution in [1.29, 1.82) is 0 Å². The number of hydrogen-bond donors (Lipinski definition) is 1. The van der Waals surface area contributed by atoms with Crippen LogP contribution in [0.2, 0.25) is 10.0 Å². The third-order valence-corrected chi connectivity index (χ3v) is 4.03. The molecule has 0 heterocycles. The summed E-state index contributed by atoms with van der Waals surface area (Å²) in [5, 5.41) is 1.08. The van der Waals surface area contributed by atoms with Crippen molar-refractivity contribution in [3.63, 3.8) is 0 Å². The lowest BCUT2D eigenvalue weighted by Gasteiger charge is -2.11. The van der Waals surface area contributed by atoms with Gasteiger partial charge < -0.3 is 10.5 Å². The molecule has 2 rings (SSSR count). The summed E-state index contributed by atoms with van der Waals surface area (Å²) < 4.78 is 5.71. The molecule has 0 aliphatic carbocycles. The molecule has 1 atom stereocenters. The normalized spacial score (nSPS) is 12.2. The molecule has 0 spiro atoms. The van der Waals surface area contributed by atoms with Crippen LogP contribution in [0.1, 0.15) is 30.5 Å². The first-order valence-electron chi connectivity index (χ1n) is 6.53. The smallest absolute Gasteiger partial charge is 0.119 e. The summed E-state index contributed by atoms with van der Waals surface area (Å²) in [6.45, 7) is 2.45. The Labute approximate surface area is 129 Å². The lowest BCUT2D eigenvalue weighted by atomic mass is 10.1. The molecule has 2 aromatic rings. The second-order valence-corrected chi connectivity index (χ2v) is 5.37. The van der Waals surface area contributed by atoms with E-state index < -0.39 is 0 Å². The van der Waals surface area contributed by atoms with E-state index in [2.05, 4.69) is 6.92 Å². The van der Waals surface area contributed by atoms with Crippen molar-refractivity contribution in [3.05, 3.63) is 63.6 Å². The molecule has 0 saturated heterocycles. The Morgan fingerprint density at radius 1 is 1.10 bits per heavy atom. The average Bonchev–Trinajstić information content (AvgIpc) is 2.48. The van der Waals surface area contributed by atoms with E-state index in [0.29, 0.717) is 16.7 Å². The third kappa shape index (κ3) is 3.66. The first-order valence-corrected chi connectivity index (χ1v) is 7.28. The maximum Gasteiger partial charge on any atom is 0.119 e. The van der Waals surface area contributed by atoms with Gasteiger partial charge in [-0.2, -0.15) is 0 Å². The molecule has 0 fully saturated rings. The fraction of sp³-hybridized carbons (Fsp3) is 0.250. The Bertz CT molecular complexity index is 569. The number of benzene rings is 2. The highest BCUT2D eigenvalue weighted by Crippen LogP contribution is 2.27. The molecule has 0 radical (unpaired) electrons. The summed E-state index contributed by atoms with van der Waals surface area (Å²) in [5.74, 6) is 0.785. The van der Waals surface area contributed by atoms with Crippen molar-refractivity contribution in [2.45, 2.75) is 26.0 Å². The van der Waals surface area contributed by atoms with Gasteiger partial charge in [0.2, 0.25) is 0 Å². The minimum atomic E-state index is 0.0754. The predicted octanol–water partition coefficient (Wildman–Crippen LogP) is 4.98. The molecule has 0 bridgehead atoms. The van der Waals surface area contributed by atoms with Gasteiger partial charge in [-0.15, -0.1) is 0 Å². The Balaban J connectivity index is 2.02. The molecular formula is C16H17Cl2NO. The Morgan fingerprint density at radius 3 is 2.45 bits per heavy atom. The van der Waals surface area contributed by atoms with Crippen LogP contribution in [0.4, 0.5) is 0 Å². The maximum atomic E-state index is 6.12. The Hall–Kier alpha value is -1.22. The van der Waals surface area contributed by atoms with E-state index in [0.717, 1.165) is 23.3 Å². The number of nitrogens with two attached hydrogens (primary N) is 1. The van der Waals surface area contributed by atoms with Gasteiger partial charge in [0.15, 0.2) is 0 Å². The number of rotatable bonds is 5. The minimum absolute atomic E-state index is 0.0754. The van der Waals surface area contributed by atoms with E-state index in [-0.39, 0.29) is 6.04 Å². The van der Waals surface area contributed by atoms with Gasteiger partial charge >= 0.3 is 0 Å². The van der Waals surface area contributed by atoms with E-state index in [4.69, 9.17) is 33.7 Å². The van der Waals surface area contributed by atoms with Gasteiger partial charge in [-0.25, -0.2) is 0 Å². The average molecular weight is 310 g/mol. The van der Waals surface area contributed by atoms with Crippen molar-refractivity contribution < 1.29 is 4.74 Å². The van der Waals surface area contributed by atoms with Gasteiger partial charge in [-0.1, -0.05) is 54.4 Å². The molecule has 0 amide bonds. The van der Waals surface area contributed by atoms with Crippen LogP contribution in [-0.4, -0.2) is 0 Å². The molecule has 0 aromatic heterocycles. The van der Waals surface area contributed by atoms with Gasteiger partial charge in [0.25, 0.3) is 0 Å². The highest BCUT2D eigenvalue weighted by Gasteiger charge is 2.06. The molecule has 2 aromatic carbocycles. The van der Waals surface area contributed by atoms with Crippen LogP contribution in [0.25, 0.3) is 0 Å². The first-order chi connectivity index (χ1) is 9.61. The Kier molecular flexibility index (Phi) is 5.30. The maximum absolute atomic E-state index is 6.12. The van der Waals surface area contributed by atoms with Crippen molar-refractivity contribution in [3.8, 4) is 5.75 Å². The van der Waals surface area contributed by atoms with E-state index in [1.165, 1.54) is 0 Å². The fourth-order valence-electron chi connectivity index (χ4n) is 1.87. The standard InChI is InChI=1S/C16H17Cl2NO/c1-2-15(19)11-6-8-13(9-7-11)20-10-12-4-3-5-14(17)16(12)18/h3-9,15H,2,10,19H2,1H3/t15-/m1/s1. The topological polar surface area (TPSA) is 35.2 Å². The van der Waals surface area contributed by atoms with Crippen LogP contribution < -0.4 is 10.5 Å². The quantitative estimate of drug-likeness (QED) is 0.845. The molecule has 20 heavy (non-hydrogen) atoms. The zero-order chi connectivity index (χ0) is 14.5. The van der Waals surface area contributed by atoms with Crippen LogP contribution in [0.15, 0.2) is 42.5 Å². The van der Waals surface area contributed by atoms with Crippen molar-refractivity contribution in [1.82, 2.24) is 0 Å². The van der Waals surface area contributed by atoms with Crippen molar-refractivity contribution >= 4 is 23.2 Å². The molecule has 2 N–H and O–H groups in total. The summed E-state index contributed by atoms with van der Waals surface area (Å²) in [4.78, 5) is 0. The summed E-state index contributed by atoms with van der Waals surface area (Å²) in [6, 6.07) is 13.4. The lowest BCUT2D eigenvalue weighted by molar-refractivity contribution is 0.306. The summed E-state index contributed by atoms with van der Waals surface area (Å²) in [6.07, 6.45) is 0.915. The number of ether oxygens (including phenoxy) is 1. The van der Waals surface area contributed by atoms with Crippen molar-refractivity contribution in [2.75, 3.05) is 0 Å². The van der Waals surface area contributed by atoms with Crippen LogP contribution in [-0.2, 0) is 6.61 Å². The zero-order valence-electron chi connectivity index (χ0n) is 11.3. The second kappa shape index (κ2) is 6.98. The highest BCUT2D eigenvalue weighted by molar-refractivity contribution is 6.42. The molecule has 0 aliphatic rings. The van der Waals surface area contributed by atoms with Gasteiger partial charge in [-0.3, -0.25) is 0 Å². The summed E-state index contributed by atoms with van der Waals surface area (Å²) in [7, 11) is 0. The number of hydrogen-bond acceptors (Lipinski definition) is 2. The first kappa shape index (κ1) is 15.2. The molecular weight excluding hydrogens is 293 g/mol. The van der Waals surface area contributed by atoms with Crippen LogP contribution in [0.3, 0.4) is 0 Å². The van der Waals surface area contributed by atoms with E-state index >= 15 is 0 Å². The monoisotopic (exact) mass is 309 g/mol.